The Labute approximate surface area is 92.9 Å². The van der Waals surface area contributed by atoms with Crippen LogP contribution in [0.15, 0.2) is 36.3 Å². The van der Waals surface area contributed by atoms with Crippen molar-refractivity contribution in [1.82, 2.24) is 0 Å². The summed E-state index contributed by atoms with van der Waals surface area (Å²) >= 11 is 1.54. The van der Waals surface area contributed by atoms with Crippen molar-refractivity contribution in [2.75, 3.05) is 6.26 Å². The quantitative estimate of drug-likeness (QED) is 0.725. The van der Waals surface area contributed by atoms with Crippen LogP contribution in [0.1, 0.15) is 11.1 Å². The molecule has 3 heteroatoms. The molecule has 1 aromatic carbocycles. The molecule has 0 saturated carbocycles. The minimum Gasteiger partial charge on any atom is -0.206 e. The van der Waals surface area contributed by atoms with Gasteiger partial charge in [0.05, 0.1) is 5.56 Å². The Morgan fingerprint density at radius 3 is 2.87 bits per heavy atom. The van der Waals surface area contributed by atoms with Gasteiger partial charge in [-0.1, -0.05) is 18.7 Å². The summed E-state index contributed by atoms with van der Waals surface area (Å²) in [6.07, 6.45) is 3.61. The first-order valence-electron chi connectivity index (χ1n) is 4.28. The third kappa shape index (κ3) is 2.71. The summed E-state index contributed by atoms with van der Waals surface area (Å²) in [5, 5.41) is 10.6. The first kappa shape index (κ1) is 11.5. The fourth-order valence-electron chi connectivity index (χ4n) is 1.15. The van der Waals surface area contributed by atoms with Gasteiger partial charge < -0.3 is 0 Å². The number of halogens is 1. The Morgan fingerprint density at radius 2 is 2.33 bits per heavy atom. The number of hydrogen-bond donors (Lipinski definition) is 0. The average molecular weight is 219 g/mol. The third-order valence-electron chi connectivity index (χ3n) is 1.88. The molecule has 15 heavy (non-hydrogen) atoms. The van der Waals surface area contributed by atoms with Gasteiger partial charge in [-0.15, -0.1) is 11.8 Å². The van der Waals surface area contributed by atoms with Gasteiger partial charge in [-0.3, -0.25) is 0 Å². The van der Waals surface area contributed by atoms with Crippen LogP contribution in [0.25, 0.3) is 5.57 Å². The summed E-state index contributed by atoms with van der Waals surface area (Å²) in [6.45, 7) is 3.68. The lowest BCUT2D eigenvalue weighted by atomic mass is 10.0. The summed E-state index contributed by atoms with van der Waals surface area (Å²) in [6, 6.07) is 6.28. The molecule has 0 aliphatic heterocycles. The van der Waals surface area contributed by atoms with Crippen molar-refractivity contribution in [3.05, 3.63) is 53.2 Å². The number of nitriles is 1. The molecule has 0 aliphatic carbocycles. The van der Waals surface area contributed by atoms with E-state index in [9.17, 15) is 4.39 Å². The Balaban J connectivity index is 3.22. The second-order valence-electron chi connectivity index (χ2n) is 2.82. The molecule has 0 heterocycles. The van der Waals surface area contributed by atoms with E-state index in [2.05, 4.69) is 6.58 Å². The second-order valence-corrected chi connectivity index (χ2v) is 3.53. The van der Waals surface area contributed by atoms with Gasteiger partial charge in [-0.05, 0) is 34.9 Å². The van der Waals surface area contributed by atoms with E-state index >= 15 is 0 Å². The van der Waals surface area contributed by atoms with Gasteiger partial charge in [0.1, 0.15) is 11.9 Å². The second kappa shape index (κ2) is 5.38. The van der Waals surface area contributed by atoms with Crippen LogP contribution in [0.2, 0.25) is 0 Å². The van der Waals surface area contributed by atoms with Crippen LogP contribution in [-0.2, 0) is 0 Å². The minimum absolute atomic E-state index is 0.0568. The molecule has 0 amide bonds. The number of allylic oxidation sites excluding steroid dienone is 2. The SMILES string of the molecule is C=C/C(=C\SC)c1ccc(F)c(C#N)c1. The lowest BCUT2D eigenvalue weighted by Crippen LogP contribution is -1.87. The summed E-state index contributed by atoms with van der Waals surface area (Å²) in [5.74, 6) is -0.492. The van der Waals surface area contributed by atoms with Crippen molar-refractivity contribution in [3.8, 4) is 6.07 Å². The molecule has 0 bridgehead atoms. The van der Waals surface area contributed by atoms with Gasteiger partial charge in [0, 0.05) is 0 Å². The first-order valence-corrected chi connectivity index (χ1v) is 5.57. The standard InChI is InChI=1S/C12H10FNS/c1-3-9(8-15-2)10-4-5-12(13)11(6-10)7-14/h3-6,8H,1H2,2H3/b9-8+. The first-order chi connectivity index (χ1) is 7.22. The molecule has 0 N–H and O–H groups in total. The molecular formula is C12H10FNS. The maximum Gasteiger partial charge on any atom is 0.140 e. The van der Waals surface area contributed by atoms with Crippen molar-refractivity contribution in [1.29, 1.82) is 5.26 Å². The molecule has 0 saturated heterocycles. The summed E-state index contributed by atoms with van der Waals surface area (Å²) in [5.41, 5.74) is 1.75. The highest BCUT2D eigenvalue weighted by Crippen LogP contribution is 2.20. The summed E-state index contributed by atoms with van der Waals surface area (Å²) in [7, 11) is 0. The molecule has 0 aromatic heterocycles. The zero-order chi connectivity index (χ0) is 11.3. The van der Waals surface area contributed by atoms with E-state index in [0.717, 1.165) is 11.1 Å². The van der Waals surface area contributed by atoms with Crippen LogP contribution in [-0.4, -0.2) is 6.26 Å². The predicted molar refractivity (Wildman–Crippen MR) is 62.8 cm³/mol. The number of hydrogen-bond acceptors (Lipinski definition) is 2. The predicted octanol–water partition coefficient (Wildman–Crippen LogP) is 3.59. The van der Waals surface area contributed by atoms with Crippen molar-refractivity contribution >= 4 is 17.3 Å². The summed E-state index contributed by atoms with van der Waals surface area (Å²) < 4.78 is 13.1. The van der Waals surface area contributed by atoms with E-state index in [0.29, 0.717) is 0 Å². The Morgan fingerprint density at radius 1 is 1.60 bits per heavy atom. The van der Waals surface area contributed by atoms with E-state index in [1.54, 1.807) is 12.1 Å². The normalized spacial score (nSPS) is 10.9. The minimum atomic E-state index is -0.492. The van der Waals surface area contributed by atoms with Crippen molar-refractivity contribution in [3.63, 3.8) is 0 Å². The molecule has 0 radical (unpaired) electrons. The number of nitrogens with zero attached hydrogens (tertiary/aromatic N) is 1. The van der Waals surface area contributed by atoms with E-state index in [4.69, 9.17) is 5.26 Å². The molecule has 1 rings (SSSR count). The average Bonchev–Trinajstić information content (AvgIpc) is 2.27. The molecule has 76 valence electrons. The Bertz CT molecular complexity index is 443. The highest BCUT2D eigenvalue weighted by Gasteiger charge is 2.04. The maximum atomic E-state index is 13.1. The fourth-order valence-corrected chi connectivity index (χ4v) is 1.64. The molecule has 0 aliphatic rings. The molecule has 0 unspecified atom stereocenters. The van der Waals surface area contributed by atoms with E-state index in [1.807, 2.05) is 17.7 Å². The zero-order valence-electron chi connectivity index (χ0n) is 8.33. The van der Waals surface area contributed by atoms with Gasteiger partial charge in [-0.25, -0.2) is 4.39 Å². The van der Waals surface area contributed by atoms with E-state index in [1.165, 1.54) is 23.9 Å². The van der Waals surface area contributed by atoms with Crippen molar-refractivity contribution in [2.24, 2.45) is 0 Å². The van der Waals surface area contributed by atoms with Gasteiger partial charge in [0.2, 0.25) is 0 Å². The molecule has 0 atom stereocenters. The molecule has 1 aromatic rings. The van der Waals surface area contributed by atoms with Crippen LogP contribution >= 0.6 is 11.8 Å². The van der Waals surface area contributed by atoms with Gasteiger partial charge in [0.15, 0.2) is 0 Å². The molecular weight excluding hydrogens is 209 g/mol. The van der Waals surface area contributed by atoms with Gasteiger partial charge >= 0.3 is 0 Å². The Hall–Kier alpha value is -1.53. The van der Waals surface area contributed by atoms with E-state index in [-0.39, 0.29) is 5.56 Å². The van der Waals surface area contributed by atoms with Crippen LogP contribution < -0.4 is 0 Å². The lowest BCUT2D eigenvalue weighted by Gasteiger charge is -2.02. The van der Waals surface area contributed by atoms with Crippen LogP contribution in [0.5, 0.6) is 0 Å². The van der Waals surface area contributed by atoms with Crippen molar-refractivity contribution in [2.45, 2.75) is 0 Å². The van der Waals surface area contributed by atoms with Gasteiger partial charge in [0.25, 0.3) is 0 Å². The molecule has 0 fully saturated rings. The maximum absolute atomic E-state index is 13.1. The zero-order valence-corrected chi connectivity index (χ0v) is 9.14. The number of rotatable bonds is 3. The van der Waals surface area contributed by atoms with Gasteiger partial charge in [-0.2, -0.15) is 5.26 Å². The smallest absolute Gasteiger partial charge is 0.140 e. The lowest BCUT2D eigenvalue weighted by molar-refractivity contribution is 0.624. The molecule has 1 nitrogen and oxygen atoms in total. The van der Waals surface area contributed by atoms with Crippen LogP contribution in [0, 0.1) is 17.1 Å². The largest absolute Gasteiger partial charge is 0.206 e. The monoisotopic (exact) mass is 219 g/mol. The van der Waals surface area contributed by atoms with Crippen LogP contribution in [0.3, 0.4) is 0 Å². The molecule has 0 spiro atoms. The Kier molecular flexibility index (Phi) is 4.14. The third-order valence-corrected chi connectivity index (χ3v) is 2.37. The topological polar surface area (TPSA) is 23.8 Å². The summed E-state index contributed by atoms with van der Waals surface area (Å²) in [4.78, 5) is 0. The number of benzene rings is 1. The van der Waals surface area contributed by atoms with Crippen molar-refractivity contribution < 1.29 is 4.39 Å². The van der Waals surface area contributed by atoms with E-state index < -0.39 is 5.82 Å². The van der Waals surface area contributed by atoms with Crippen LogP contribution in [0.4, 0.5) is 4.39 Å². The highest BCUT2D eigenvalue weighted by atomic mass is 32.2. The fraction of sp³-hybridized carbons (Fsp3) is 0.0833. The number of thioether (sulfide) groups is 1. The highest BCUT2D eigenvalue weighted by molar-refractivity contribution is 8.01.